The third-order valence-electron chi connectivity index (χ3n) is 3.55. The van der Waals surface area contributed by atoms with E-state index in [1.165, 1.54) is 6.07 Å². The summed E-state index contributed by atoms with van der Waals surface area (Å²) in [6.07, 6.45) is 2.26. The van der Waals surface area contributed by atoms with Gasteiger partial charge in [0.05, 0.1) is 22.9 Å². The molecule has 20 heavy (non-hydrogen) atoms. The van der Waals surface area contributed by atoms with Crippen molar-refractivity contribution in [2.75, 3.05) is 0 Å². The van der Waals surface area contributed by atoms with Gasteiger partial charge in [-0.1, -0.05) is 6.07 Å². The zero-order chi connectivity index (χ0) is 14.8. The van der Waals surface area contributed by atoms with E-state index >= 15 is 0 Å². The average Bonchev–Trinajstić information content (AvgIpc) is 2.30. The number of carbonyl (C=O) groups is 2. The molecule has 1 aliphatic rings. The fraction of sp³-hybridized carbons (Fsp3) is 0.429. The monoisotopic (exact) mass is 343 g/mol. The molecule has 1 fully saturated rings. The first kappa shape index (κ1) is 15.0. The van der Waals surface area contributed by atoms with E-state index in [2.05, 4.69) is 21.2 Å². The van der Waals surface area contributed by atoms with Crippen molar-refractivity contribution in [1.82, 2.24) is 5.32 Å². The molecule has 1 aromatic rings. The van der Waals surface area contributed by atoms with Crippen LogP contribution >= 0.6 is 15.9 Å². The number of hydrogen-bond donors (Lipinski definition) is 2. The number of carboxylic acids is 1. The summed E-state index contributed by atoms with van der Waals surface area (Å²) in [6, 6.07) is 4.51. The minimum absolute atomic E-state index is 0.0472. The SMILES string of the molecule is O=C(O)CC1(NC(=O)Cc2ccc(Br)c(F)c2)CCC1. The Morgan fingerprint density at radius 2 is 2.10 bits per heavy atom. The summed E-state index contributed by atoms with van der Waals surface area (Å²) in [6.45, 7) is 0. The number of halogens is 2. The minimum atomic E-state index is -0.917. The molecule has 108 valence electrons. The second-order valence-electron chi connectivity index (χ2n) is 5.18. The fourth-order valence-electron chi connectivity index (χ4n) is 2.41. The van der Waals surface area contributed by atoms with E-state index in [9.17, 15) is 14.0 Å². The summed E-state index contributed by atoms with van der Waals surface area (Å²) >= 11 is 3.05. The maximum absolute atomic E-state index is 13.4. The zero-order valence-electron chi connectivity index (χ0n) is 10.8. The van der Waals surface area contributed by atoms with Gasteiger partial charge in [-0.2, -0.15) is 0 Å². The zero-order valence-corrected chi connectivity index (χ0v) is 12.4. The lowest BCUT2D eigenvalue weighted by molar-refractivity contribution is -0.140. The van der Waals surface area contributed by atoms with Crippen molar-refractivity contribution in [2.24, 2.45) is 0 Å². The highest BCUT2D eigenvalue weighted by atomic mass is 79.9. The predicted molar refractivity (Wildman–Crippen MR) is 74.8 cm³/mol. The molecule has 1 aliphatic carbocycles. The Bertz CT molecular complexity index is 543. The molecule has 2 N–H and O–H groups in total. The molecule has 6 heteroatoms. The lowest BCUT2D eigenvalue weighted by Gasteiger charge is -2.41. The molecule has 4 nitrogen and oxygen atoms in total. The van der Waals surface area contributed by atoms with Crippen LogP contribution in [0.25, 0.3) is 0 Å². The first-order valence-electron chi connectivity index (χ1n) is 6.37. The normalized spacial score (nSPS) is 16.3. The lowest BCUT2D eigenvalue weighted by atomic mass is 9.74. The predicted octanol–water partition coefficient (Wildman–Crippen LogP) is 2.64. The third-order valence-corrected chi connectivity index (χ3v) is 4.20. The van der Waals surface area contributed by atoms with Gasteiger partial charge >= 0.3 is 5.97 Å². The average molecular weight is 344 g/mol. The molecule has 0 atom stereocenters. The van der Waals surface area contributed by atoms with E-state index in [1.807, 2.05) is 0 Å². The van der Waals surface area contributed by atoms with Gasteiger partial charge in [0, 0.05) is 0 Å². The van der Waals surface area contributed by atoms with Crippen LogP contribution in [-0.2, 0) is 16.0 Å². The molecule has 0 saturated heterocycles. The molecule has 0 spiro atoms. The number of carboxylic acid groups (broad SMARTS) is 1. The molecule has 1 aromatic carbocycles. The van der Waals surface area contributed by atoms with E-state index in [0.717, 1.165) is 6.42 Å². The van der Waals surface area contributed by atoms with E-state index in [4.69, 9.17) is 5.11 Å². The van der Waals surface area contributed by atoms with Crippen molar-refractivity contribution in [2.45, 2.75) is 37.6 Å². The molecule has 0 unspecified atom stereocenters. The maximum atomic E-state index is 13.4. The summed E-state index contributed by atoms with van der Waals surface area (Å²) in [4.78, 5) is 22.8. The molecular weight excluding hydrogens is 329 g/mol. The number of aliphatic carboxylic acids is 1. The third kappa shape index (κ3) is 3.56. The van der Waals surface area contributed by atoms with E-state index in [0.29, 0.717) is 22.9 Å². The number of nitrogens with one attached hydrogen (secondary N) is 1. The van der Waals surface area contributed by atoms with Gasteiger partial charge in [0.1, 0.15) is 5.82 Å². The van der Waals surface area contributed by atoms with Gasteiger partial charge in [-0.25, -0.2) is 4.39 Å². The molecule has 0 bridgehead atoms. The van der Waals surface area contributed by atoms with Gasteiger partial charge in [-0.15, -0.1) is 0 Å². The van der Waals surface area contributed by atoms with Crippen LogP contribution in [0.3, 0.4) is 0 Å². The fourth-order valence-corrected chi connectivity index (χ4v) is 2.66. The van der Waals surface area contributed by atoms with Crippen LogP contribution in [-0.4, -0.2) is 22.5 Å². The highest BCUT2D eigenvalue weighted by Crippen LogP contribution is 2.35. The Balaban J connectivity index is 1.97. The Hall–Kier alpha value is -1.43. The Morgan fingerprint density at radius 1 is 1.40 bits per heavy atom. The molecule has 1 saturated carbocycles. The summed E-state index contributed by atoms with van der Waals surface area (Å²) in [5, 5.41) is 11.7. The van der Waals surface area contributed by atoms with Crippen molar-refractivity contribution < 1.29 is 19.1 Å². The van der Waals surface area contributed by atoms with Crippen molar-refractivity contribution in [3.63, 3.8) is 0 Å². The molecule has 0 heterocycles. The minimum Gasteiger partial charge on any atom is -0.481 e. The van der Waals surface area contributed by atoms with Crippen LogP contribution in [0.2, 0.25) is 0 Å². The molecule has 0 aromatic heterocycles. The largest absolute Gasteiger partial charge is 0.481 e. The van der Waals surface area contributed by atoms with Crippen LogP contribution < -0.4 is 5.32 Å². The number of hydrogen-bond acceptors (Lipinski definition) is 2. The number of carbonyl (C=O) groups excluding carboxylic acids is 1. The van der Waals surface area contributed by atoms with Crippen LogP contribution in [0.1, 0.15) is 31.2 Å². The van der Waals surface area contributed by atoms with Crippen LogP contribution in [0, 0.1) is 5.82 Å². The Kier molecular flexibility index (Phi) is 4.42. The molecular formula is C14H15BrFNO3. The molecule has 1 amide bonds. The Morgan fingerprint density at radius 3 is 2.60 bits per heavy atom. The number of rotatable bonds is 5. The number of amides is 1. The van der Waals surface area contributed by atoms with E-state index in [1.54, 1.807) is 12.1 Å². The summed E-state index contributed by atoms with van der Waals surface area (Å²) in [5.74, 6) is -1.61. The first-order chi connectivity index (χ1) is 9.40. The van der Waals surface area contributed by atoms with Crippen LogP contribution in [0.4, 0.5) is 4.39 Å². The maximum Gasteiger partial charge on any atom is 0.305 e. The van der Waals surface area contributed by atoms with Gasteiger partial charge < -0.3 is 10.4 Å². The van der Waals surface area contributed by atoms with Crippen LogP contribution in [0.15, 0.2) is 22.7 Å². The molecule has 2 rings (SSSR count). The highest BCUT2D eigenvalue weighted by Gasteiger charge is 2.40. The molecule has 0 aliphatic heterocycles. The lowest BCUT2D eigenvalue weighted by Crippen LogP contribution is -2.55. The van der Waals surface area contributed by atoms with Gasteiger partial charge in [0.15, 0.2) is 0 Å². The molecule has 0 radical (unpaired) electrons. The van der Waals surface area contributed by atoms with E-state index in [-0.39, 0.29) is 18.7 Å². The highest BCUT2D eigenvalue weighted by molar-refractivity contribution is 9.10. The first-order valence-corrected chi connectivity index (χ1v) is 7.16. The van der Waals surface area contributed by atoms with Crippen molar-refractivity contribution in [3.8, 4) is 0 Å². The van der Waals surface area contributed by atoms with Crippen molar-refractivity contribution >= 4 is 27.8 Å². The summed E-state index contributed by atoms with van der Waals surface area (Å²) < 4.78 is 13.7. The standard InChI is InChI=1S/C14H15BrFNO3/c15-10-3-2-9(6-11(10)16)7-12(18)17-14(4-1-5-14)8-13(19)20/h2-3,6H,1,4-5,7-8H2,(H,17,18)(H,19,20). The van der Waals surface area contributed by atoms with Gasteiger partial charge in [-0.3, -0.25) is 9.59 Å². The van der Waals surface area contributed by atoms with Crippen LogP contribution in [0.5, 0.6) is 0 Å². The summed E-state index contributed by atoms with van der Waals surface area (Å²) in [5.41, 5.74) is -0.0513. The smallest absolute Gasteiger partial charge is 0.305 e. The van der Waals surface area contributed by atoms with Gasteiger partial charge in [0.2, 0.25) is 5.91 Å². The quantitative estimate of drug-likeness (QED) is 0.863. The Labute approximate surface area is 124 Å². The topological polar surface area (TPSA) is 66.4 Å². The van der Waals surface area contributed by atoms with Gasteiger partial charge in [0.25, 0.3) is 0 Å². The second kappa shape index (κ2) is 5.91. The van der Waals surface area contributed by atoms with E-state index < -0.39 is 17.3 Å². The van der Waals surface area contributed by atoms with Crippen molar-refractivity contribution in [1.29, 1.82) is 0 Å². The second-order valence-corrected chi connectivity index (χ2v) is 6.03. The number of benzene rings is 1. The summed E-state index contributed by atoms with van der Waals surface area (Å²) in [7, 11) is 0. The van der Waals surface area contributed by atoms with Crippen molar-refractivity contribution in [3.05, 3.63) is 34.1 Å². The van der Waals surface area contributed by atoms with Gasteiger partial charge in [-0.05, 0) is 52.9 Å².